The maximum atomic E-state index is 13.0. The van der Waals surface area contributed by atoms with Crippen molar-refractivity contribution in [3.05, 3.63) is 0 Å². The van der Waals surface area contributed by atoms with E-state index in [2.05, 4.69) is 10.2 Å². The molecule has 4 aliphatic rings. The van der Waals surface area contributed by atoms with E-state index in [1.54, 1.807) is 0 Å². The van der Waals surface area contributed by atoms with E-state index in [9.17, 15) is 4.79 Å². The minimum absolute atomic E-state index is 0. The van der Waals surface area contributed by atoms with E-state index in [0.29, 0.717) is 29.2 Å². The summed E-state index contributed by atoms with van der Waals surface area (Å²) in [6.45, 7) is 4.32. The van der Waals surface area contributed by atoms with Gasteiger partial charge in [0.15, 0.2) is 0 Å². The molecule has 2 atom stereocenters. The summed E-state index contributed by atoms with van der Waals surface area (Å²) in [5.41, 5.74) is 6.92. The first-order valence-corrected chi connectivity index (χ1v) is 9.92. The molecule has 2 heterocycles. The van der Waals surface area contributed by atoms with Crippen LogP contribution in [-0.4, -0.2) is 43.0 Å². The van der Waals surface area contributed by atoms with E-state index in [1.807, 2.05) is 0 Å². The van der Waals surface area contributed by atoms with E-state index < -0.39 is 0 Å². The lowest BCUT2D eigenvalue weighted by atomic mass is 9.64. The fraction of sp³-hybridized carbons (Fsp3) is 0.947. The highest BCUT2D eigenvalue weighted by atomic mass is 35.5. The Hall–Kier alpha value is -0.0300. The average molecular weight is 392 g/mol. The number of hydrogen-bond acceptors (Lipinski definition) is 3. The third kappa shape index (κ3) is 4.28. The molecule has 6 heteroatoms. The summed E-state index contributed by atoms with van der Waals surface area (Å²) in [5, 5.41) is 3.48. The van der Waals surface area contributed by atoms with E-state index in [-0.39, 0.29) is 30.7 Å². The van der Waals surface area contributed by atoms with Crippen LogP contribution in [-0.2, 0) is 4.79 Å². The molecule has 0 aromatic heterocycles. The zero-order chi connectivity index (χ0) is 15.9. The van der Waals surface area contributed by atoms with E-state index >= 15 is 0 Å². The second-order valence-electron chi connectivity index (χ2n) is 8.77. The number of carbonyl (C=O) groups is 1. The van der Waals surface area contributed by atoms with Crippen LogP contribution in [0.5, 0.6) is 0 Å². The van der Waals surface area contributed by atoms with Crippen molar-refractivity contribution in [3.63, 3.8) is 0 Å². The first-order chi connectivity index (χ1) is 11.2. The molecule has 2 aliphatic heterocycles. The van der Waals surface area contributed by atoms with Crippen molar-refractivity contribution in [1.82, 2.24) is 10.2 Å². The summed E-state index contributed by atoms with van der Waals surface area (Å²) in [5.74, 6) is 1.94. The Morgan fingerprint density at radius 1 is 0.960 bits per heavy atom. The molecule has 4 rings (SSSR count). The number of fused-ring (bicyclic) bond motifs is 2. The molecule has 2 bridgehead atoms. The topological polar surface area (TPSA) is 58.4 Å². The van der Waals surface area contributed by atoms with Crippen LogP contribution in [0.2, 0.25) is 0 Å². The van der Waals surface area contributed by atoms with Crippen molar-refractivity contribution in [3.8, 4) is 0 Å². The lowest BCUT2D eigenvalue weighted by Gasteiger charge is -2.47. The second-order valence-corrected chi connectivity index (χ2v) is 8.77. The number of piperidine rings is 2. The van der Waals surface area contributed by atoms with E-state index in [4.69, 9.17) is 5.73 Å². The lowest BCUT2D eigenvalue weighted by Crippen LogP contribution is -2.52. The molecular weight excluding hydrogens is 357 g/mol. The smallest absolute Gasteiger partial charge is 0.225 e. The highest BCUT2D eigenvalue weighted by molar-refractivity contribution is 5.85. The lowest BCUT2D eigenvalue weighted by molar-refractivity contribution is -0.141. The van der Waals surface area contributed by atoms with Gasteiger partial charge in [-0.05, 0) is 81.7 Å². The van der Waals surface area contributed by atoms with Gasteiger partial charge in [-0.3, -0.25) is 4.79 Å². The van der Waals surface area contributed by atoms with Crippen LogP contribution in [0.4, 0.5) is 0 Å². The molecule has 0 aromatic carbocycles. The fourth-order valence-electron chi connectivity index (χ4n) is 5.91. The molecule has 2 saturated heterocycles. The standard InChI is InChI=1S/C19H33N3O.2ClH/c20-17-14-2-1-3-15(17)13-16(12-14)18(23)22-10-6-19(7-11-22)4-8-21-9-5-19;;/h14-17,21H,1-13,20H2;2*1H. The first-order valence-electron chi connectivity index (χ1n) is 9.92. The summed E-state index contributed by atoms with van der Waals surface area (Å²) in [6, 6.07) is 0.368. The Morgan fingerprint density at radius 2 is 1.52 bits per heavy atom. The van der Waals surface area contributed by atoms with Crippen molar-refractivity contribution in [2.24, 2.45) is 28.9 Å². The van der Waals surface area contributed by atoms with Crippen molar-refractivity contribution in [2.75, 3.05) is 26.2 Å². The molecule has 2 saturated carbocycles. The van der Waals surface area contributed by atoms with Gasteiger partial charge in [0.05, 0.1) is 0 Å². The molecule has 0 radical (unpaired) electrons. The number of likely N-dealkylation sites (tertiary alicyclic amines) is 1. The maximum Gasteiger partial charge on any atom is 0.225 e. The Balaban J connectivity index is 0.00000113. The van der Waals surface area contributed by atoms with Crippen molar-refractivity contribution >= 4 is 30.7 Å². The van der Waals surface area contributed by atoms with Crippen molar-refractivity contribution in [2.45, 2.75) is 63.8 Å². The minimum atomic E-state index is 0. The number of nitrogens with zero attached hydrogens (tertiary/aromatic N) is 1. The molecule has 1 spiro atoms. The molecule has 146 valence electrons. The number of rotatable bonds is 1. The quantitative estimate of drug-likeness (QED) is 0.721. The number of carbonyl (C=O) groups excluding carboxylic acids is 1. The number of nitrogens with one attached hydrogen (secondary N) is 1. The highest BCUT2D eigenvalue weighted by Crippen LogP contribution is 2.44. The van der Waals surface area contributed by atoms with Gasteiger partial charge in [0, 0.05) is 25.0 Å². The van der Waals surface area contributed by atoms with Crippen LogP contribution in [0.15, 0.2) is 0 Å². The van der Waals surface area contributed by atoms with Crippen LogP contribution in [0.25, 0.3) is 0 Å². The van der Waals surface area contributed by atoms with Gasteiger partial charge in [0.2, 0.25) is 5.91 Å². The van der Waals surface area contributed by atoms with Crippen LogP contribution < -0.4 is 11.1 Å². The normalized spacial score (nSPS) is 36.9. The summed E-state index contributed by atoms with van der Waals surface area (Å²) >= 11 is 0. The van der Waals surface area contributed by atoms with Gasteiger partial charge in [-0.1, -0.05) is 6.42 Å². The Morgan fingerprint density at radius 3 is 2.08 bits per heavy atom. The van der Waals surface area contributed by atoms with Gasteiger partial charge in [-0.2, -0.15) is 0 Å². The molecule has 4 nitrogen and oxygen atoms in total. The van der Waals surface area contributed by atoms with Crippen LogP contribution in [0.3, 0.4) is 0 Å². The maximum absolute atomic E-state index is 13.0. The van der Waals surface area contributed by atoms with E-state index in [1.165, 1.54) is 44.9 Å². The largest absolute Gasteiger partial charge is 0.342 e. The predicted molar refractivity (Wildman–Crippen MR) is 106 cm³/mol. The molecule has 0 aromatic rings. The third-order valence-electron chi connectivity index (χ3n) is 7.56. The minimum Gasteiger partial charge on any atom is -0.342 e. The Bertz CT molecular complexity index is 432. The Labute approximate surface area is 164 Å². The van der Waals surface area contributed by atoms with Crippen LogP contribution >= 0.6 is 24.8 Å². The number of halogens is 2. The molecule has 2 unspecified atom stereocenters. The van der Waals surface area contributed by atoms with Crippen molar-refractivity contribution < 1.29 is 4.79 Å². The summed E-state index contributed by atoms with van der Waals surface area (Å²) in [7, 11) is 0. The summed E-state index contributed by atoms with van der Waals surface area (Å²) in [4.78, 5) is 15.2. The van der Waals surface area contributed by atoms with Crippen molar-refractivity contribution in [1.29, 1.82) is 0 Å². The van der Waals surface area contributed by atoms with Gasteiger partial charge in [0.1, 0.15) is 0 Å². The highest BCUT2D eigenvalue weighted by Gasteiger charge is 2.43. The second kappa shape index (κ2) is 8.77. The molecular formula is C19H35Cl2N3O. The number of nitrogens with two attached hydrogens (primary N) is 1. The zero-order valence-corrected chi connectivity index (χ0v) is 16.9. The van der Waals surface area contributed by atoms with Gasteiger partial charge in [-0.15, -0.1) is 24.8 Å². The average Bonchev–Trinajstić information content (AvgIpc) is 2.55. The SMILES string of the molecule is Cl.Cl.NC1C2CCCC1CC(C(=O)N1CCC3(CCNCC3)CC1)C2. The predicted octanol–water partition coefficient (Wildman–Crippen LogP) is 2.98. The monoisotopic (exact) mass is 391 g/mol. The van der Waals surface area contributed by atoms with E-state index in [0.717, 1.165) is 39.0 Å². The summed E-state index contributed by atoms with van der Waals surface area (Å²) in [6.07, 6.45) is 11.0. The fourth-order valence-corrected chi connectivity index (χ4v) is 5.91. The molecule has 2 aliphatic carbocycles. The zero-order valence-electron chi connectivity index (χ0n) is 15.3. The molecule has 25 heavy (non-hydrogen) atoms. The first kappa shape index (κ1) is 21.3. The van der Waals surface area contributed by atoms with Gasteiger partial charge in [0.25, 0.3) is 0 Å². The third-order valence-corrected chi connectivity index (χ3v) is 7.56. The summed E-state index contributed by atoms with van der Waals surface area (Å²) < 4.78 is 0. The number of hydrogen-bond donors (Lipinski definition) is 2. The molecule has 1 amide bonds. The number of amides is 1. The van der Waals surface area contributed by atoms with Gasteiger partial charge in [-0.25, -0.2) is 0 Å². The molecule has 3 N–H and O–H groups in total. The molecule has 4 fully saturated rings. The Kier molecular flexibility index (Phi) is 7.46. The van der Waals surface area contributed by atoms with Gasteiger partial charge < -0.3 is 16.0 Å². The van der Waals surface area contributed by atoms with Gasteiger partial charge >= 0.3 is 0 Å². The van der Waals surface area contributed by atoms with Crippen LogP contribution in [0, 0.1) is 23.2 Å². The van der Waals surface area contributed by atoms with Crippen LogP contribution in [0.1, 0.15) is 57.8 Å².